The van der Waals surface area contributed by atoms with E-state index in [4.69, 9.17) is 11.6 Å². The van der Waals surface area contributed by atoms with Crippen molar-refractivity contribution in [2.24, 2.45) is 5.92 Å². The van der Waals surface area contributed by atoms with E-state index >= 15 is 0 Å². The Hall–Kier alpha value is -2.18. The van der Waals surface area contributed by atoms with Gasteiger partial charge in [0.1, 0.15) is 10.8 Å². The van der Waals surface area contributed by atoms with E-state index in [0.717, 1.165) is 53.5 Å². The molecule has 0 saturated carbocycles. The van der Waals surface area contributed by atoms with Crippen molar-refractivity contribution in [1.29, 1.82) is 0 Å². The van der Waals surface area contributed by atoms with Crippen molar-refractivity contribution < 1.29 is 0 Å². The SMILES string of the molecule is Clc1ccc(Cc2nnc(N3CCC(CNc4ccccn4)C3)s2)cc1. The highest BCUT2D eigenvalue weighted by atomic mass is 35.5. The molecule has 1 aliphatic heterocycles. The van der Waals surface area contributed by atoms with Gasteiger partial charge < -0.3 is 10.2 Å². The van der Waals surface area contributed by atoms with E-state index < -0.39 is 0 Å². The standard InChI is InChI=1S/C19H20ClN5S/c20-16-6-4-14(5-7-16)11-18-23-24-19(26-18)25-10-8-15(13-25)12-22-17-3-1-2-9-21-17/h1-7,9,15H,8,10-13H2,(H,21,22). The third-order valence-electron chi connectivity index (χ3n) is 4.52. The van der Waals surface area contributed by atoms with Gasteiger partial charge in [-0.15, -0.1) is 10.2 Å². The lowest BCUT2D eigenvalue weighted by atomic mass is 10.1. The Kier molecular flexibility index (Phi) is 5.32. The highest BCUT2D eigenvalue weighted by Gasteiger charge is 2.25. The molecule has 5 nitrogen and oxygen atoms in total. The number of aromatic nitrogens is 3. The van der Waals surface area contributed by atoms with E-state index in [1.165, 1.54) is 5.56 Å². The summed E-state index contributed by atoms with van der Waals surface area (Å²) >= 11 is 7.63. The molecule has 1 N–H and O–H groups in total. The largest absolute Gasteiger partial charge is 0.370 e. The Labute approximate surface area is 162 Å². The van der Waals surface area contributed by atoms with Crippen LogP contribution in [-0.2, 0) is 6.42 Å². The lowest BCUT2D eigenvalue weighted by Crippen LogP contribution is -2.22. The van der Waals surface area contributed by atoms with Crippen LogP contribution >= 0.6 is 22.9 Å². The van der Waals surface area contributed by atoms with E-state index in [-0.39, 0.29) is 0 Å². The van der Waals surface area contributed by atoms with Crippen LogP contribution in [0.1, 0.15) is 17.0 Å². The highest BCUT2D eigenvalue weighted by Crippen LogP contribution is 2.28. The molecule has 1 saturated heterocycles. The van der Waals surface area contributed by atoms with E-state index in [1.807, 2.05) is 48.7 Å². The maximum absolute atomic E-state index is 5.94. The van der Waals surface area contributed by atoms with E-state index in [2.05, 4.69) is 25.4 Å². The van der Waals surface area contributed by atoms with Crippen LogP contribution in [0, 0.1) is 5.92 Å². The summed E-state index contributed by atoms with van der Waals surface area (Å²) in [4.78, 5) is 6.65. The van der Waals surface area contributed by atoms with Crippen LogP contribution in [0.5, 0.6) is 0 Å². The third kappa shape index (κ3) is 4.31. The molecule has 0 spiro atoms. The number of nitrogens with zero attached hydrogens (tertiary/aromatic N) is 4. The molecular weight excluding hydrogens is 366 g/mol. The Morgan fingerprint density at radius 1 is 1.15 bits per heavy atom. The molecule has 4 rings (SSSR count). The highest BCUT2D eigenvalue weighted by molar-refractivity contribution is 7.15. The number of halogens is 1. The molecule has 1 aromatic carbocycles. The van der Waals surface area contributed by atoms with Crippen molar-refractivity contribution in [3.63, 3.8) is 0 Å². The maximum Gasteiger partial charge on any atom is 0.208 e. The van der Waals surface area contributed by atoms with E-state index in [0.29, 0.717) is 5.92 Å². The zero-order chi connectivity index (χ0) is 17.8. The second-order valence-electron chi connectivity index (χ2n) is 6.48. The van der Waals surface area contributed by atoms with Crippen LogP contribution in [-0.4, -0.2) is 34.8 Å². The normalized spacial score (nSPS) is 16.8. The van der Waals surface area contributed by atoms with Crippen molar-refractivity contribution in [2.75, 3.05) is 29.9 Å². The predicted molar refractivity (Wildman–Crippen MR) is 107 cm³/mol. The van der Waals surface area contributed by atoms with Gasteiger partial charge in [0, 0.05) is 37.3 Å². The first kappa shape index (κ1) is 17.2. The average Bonchev–Trinajstić information content (AvgIpc) is 3.32. The first-order chi connectivity index (χ1) is 12.8. The summed E-state index contributed by atoms with van der Waals surface area (Å²) < 4.78 is 0. The second kappa shape index (κ2) is 8.01. The van der Waals surface area contributed by atoms with Crippen LogP contribution in [0.15, 0.2) is 48.7 Å². The summed E-state index contributed by atoms with van der Waals surface area (Å²) in [6.45, 7) is 2.98. The fraction of sp³-hybridized carbons (Fsp3) is 0.316. The lowest BCUT2D eigenvalue weighted by Gasteiger charge is -2.14. The van der Waals surface area contributed by atoms with Gasteiger partial charge in [-0.05, 0) is 42.2 Å². The van der Waals surface area contributed by atoms with Crippen LogP contribution in [0.4, 0.5) is 10.9 Å². The van der Waals surface area contributed by atoms with Crippen LogP contribution in [0.25, 0.3) is 0 Å². The van der Waals surface area contributed by atoms with Crippen LogP contribution < -0.4 is 10.2 Å². The molecule has 3 aromatic rings. The van der Waals surface area contributed by atoms with Crippen molar-refractivity contribution in [1.82, 2.24) is 15.2 Å². The number of hydrogen-bond donors (Lipinski definition) is 1. The summed E-state index contributed by atoms with van der Waals surface area (Å²) in [5.41, 5.74) is 1.20. The second-order valence-corrected chi connectivity index (χ2v) is 7.96. The van der Waals surface area contributed by atoms with Crippen LogP contribution in [0.3, 0.4) is 0 Å². The fourth-order valence-electron chi connectivity index (χ4n) is 3.11. The minimum absolute atomic E-state index is 0.598. The molecule has 26 heavy (non-hydrogen) atoms. The van der Waals surface area contributed by atoms with Crippen molar-refractivity contribution in [2.45, 2.75) is 12.8 Å². The summed E-state index contributed by atoms with van der Waals surface area (Å²) in [5.74, 6) is 1.53. The van der Waals surface area contributed by atoms with Gasteiger partial charge in [0.25, 0.3) is 0 Å². The Morgan fingerprint density at radius 3 is 2.85 bits per heavy atom. The number of anilines is 2. The molecular formula is C19H20ClN5S. The number of nitrogens with one attached hydrogen (secondary N) is 1. The van der Waals surface area contributed by atoms with Gasteiger partial charge in [-0.2, -0.15) is 0 Å². The summed E-state index contributed by atoms with van der Waals surface area (Å²) in [7, 11) is 0. The molecule has 7 heteroatoms. The number of rotatable bonds is 6. The minimum Gasteiger partial charge on any atom is -0.370 e. The summed E-state index contributed by atoms with van der Waals surface area (Å²) in [6.07, 6.45) is 3.77. The van der Waals surface area contributed by atoms with Gasteiger partial charge in [-0.1, -0.05) is 41.1 Å². The van der Waals surface area contributed by atoms with Gasteiger partial charge in [0.15, 0.2) is 0 Å². The number of hydrogen-bond acceptors (Lipinski definition) is 6. The van der Waals surface area contributed by atoms with E-state index in [9.17, 15) is 0 Å². The smallest absolute Gasteiger partial charge is 0.208 e. The van der Waals surface area contributed by atoms with E-state index in [1.54, 1.807) is 11.3 Å². The molecule has 134 valence electrons. The Morgan fingerprint density at radius 2 is 2.04 bits per heavy atom. The predicted octanol–water partition coefficient (Wildman–Crippen LogP) is 4.12. The molecule has 1 unspecified atom stereocenters. The molecule has 0 radical (unpaired) electrons. The van der Waals surface area contributed by atoms with Gasteiger partial charge in [0.05, 0.1) is 0 Å². The fourth-order valence-corrected chi connectivity index (χ4v) is 4.14. The van der Waals surface area contributed by atoms with Crippen molar-refractivity contribution in [3.8, 4) is 0 Å². The van der Waals surface area contributed by atoms with Gasteiger partial charge in [0.2, 0.25) is 5.13 Å². The monoisotopic (exact) mass is 385 g/mol. The molecule has 0 bridgehead atoms. The first-order valence-electron chi connectivity index (χ1n) is 8.73. The van der Waals surface area contributed by atoms with Crippen LogP contribution in [0.2, 0.25) is 5.02 Å². The first-order valence-corrected chi connectivity index (χ1v) is 9.92. The van der Waals surface area contributed by atoms with Gasteiger partial charge >= 0.3 is 0 Å². The molecule has 2 aromatic heterocycles. The summed E-state index contributed by atoms with van der Waals surface area (Å²) in [6, 6.07) is 13.8. The van der Waals surface area contributed by atoms with Crippen molar-refractivity contribution >= 4 is 33.9 Å². The molecule has 0 aliphatic carbocycles. The van der Waals surface area contributed by atoms with Crippen molar-refractivity contribution in [3.05, 3.63) is 64.3 Å². The molecule has 0 amide bonds. The Balaban J connectivity index is 1.31. The molecule has 3 heterocycles. The molecule has 1 atom stereocenters. The third-order valence-corrected chi connectivity index (χ3v) is 5.75. The number of pyridine rings is 1. The van der Waals surface area contributed by atoms with Gasteiger partial charge in [-0.3, -0.25) is 0 Å². The summed E-state index contributed by atoms with van der Waals surface area (Å²) in [5, 5.41) is 15.0. The van der Waals surface area contributed by atoms with Gasteiger partial charge in [-0.25, -0.2) is 4.98 Å². The topological polar surface area (TPSA) is 53.9 Å². The zero-order valence-electron chi connectivity index (χ0n) is 14.3. The maximum atomic E-state index is 5.94. The zero-order valence-corrected chi connectivity index (χ0v) is 15.9. The number of benzene rings is 1. The molecule has 1 fully saturated rings. The Bertz CT molecular complexity index is 837. The quantitative estimate of drug-likeness (QED) is 0.691. The molecule has 1 aliphatic rings. The minimum atomic E-state index is 0.598. The lowest BCUT2D eigenvalue weighted by molar-refractivity contribution is 0.621. The average molecular weight is 386 g/mol.